The maximum Gasteiger partial charge on any atom is 0.0328 e. The van der Waals surface area contributed by atoms with E-state index in [0.717, 1.165) is 23.2 Å². The molecule has 0 aliphatic rings. The first-order valence-electron chi connectivity index (χ1n) is 4.35. The third kappa shape index (κ3) is 3.36. The number of anilines is 1. The van der Waals surface area contributed by atoms with Crippen LogP contribution in [0.2, 0.25) is 0 Å². The van der Waals surface area contributed by atoms with Crippen LogP contribution in [0.15, 0.2) is 22.7 Å². The standard InChI is InChI=1S/C10H15BrN2/c1-3-13(2)7-8-4-9(11)6-10(12)5-8/h4-6H,3,7,12H2,1-2H3. The Bertz CT molecular complexity index is 266. The Morgan fingerprint density at radius 2 is 2.08 bits per heavy atom. The smallest absolute Gasteiger partial charge is 0.0328 e. The summed E-state index contributed by atoms with van der Waals surface area (Å²) < 4.78 is 1.05. The fraction of sp³-hybridized carbons (Fsp3) is 0.400. The van der Waals surface area contributed by atoms with Gasteiger partial charge >= 0.3 is 0 Å². The van der Waals surface area contributed by atoms with Crippen LogP contribution in [0.1, 0.15) is 12.5 Å². The highest BCUT2D eigenvalue weighted by Gasteiger charge is 1.99. The van der Waals surface area contributed by atoms with E-state index in [9.17, 15) is 0 Å². The molecule has 13 heavy (non-hydrogen) atoms. The van der Waals surface area contributed by atoms with Gasteiger partial charge in [-0.3, -0.25) is 0 Å². The Hall–Kier alpha value is -0.540. The summed E-state index contributed by atoms with van der Waals surface area (Å²) in [5.41, 5.74) is 7.79. The molecule has 72 valence electrons. The van der Waals surface area contributed by atoms with Crippen LogP contribution in [0, 0.1) is 0 Å². The molecule has 1 aromatic carbocycles. The van der Waals surface area contributed by atoms with E-state index in [1.54, 1.807) is 0 Å². The second-order valence-corrected chi connectivity index (χ2v) is 4.14. The van der Waals surface area contributed by atoms with Crippen molar-refractivity contribution in [2.24, 2.45) is 0 Å². The Kier molecular flexibility index (Phi) is 3.75. The summed E-state index contributed by atoms with van der Waals surface area (Å²) in [4.78, 5) is 2.24. The molecule has 0 bridgehead atoms. The number of hydrogen-bond acceptors (Lipinski definition) is 2. The number of rotatable bonds is 3. The lowest BCUT2D eigenvalue weighted by Gasteiger charge is -2.14. The van der Waals surface area contributed by atoms with Gasteiger partial charge in [0.2, 0.25) is 0 Å². The van der Waals surface area contributed by atoms with Crippen LogP contribution in [0.3, 0.4) is 0 Å². The summed E-state index contributed by atoms with van der Waals surface area (Å²) in [7, 11) is 2.09. The molecule has 1 rings (SSSR count). The van der Waals surface area contributed by atoms with Gasteiger partial charge in [-0.1, -0.05) is 22.9 Å². The molecule has 2 N–H and O–H groups in total. The number of benzene rings is 1. The molecule has 1 aromatic rings. The highest BCUT2D eigenvalue weighted by atomic mass is 79.9. The molecule has 0 amide bonds. The normalized spacial score (nSPS) is 10.8. The third-order valence-electron chi connectivity index (χ3n) is 1.97. The van der Waals surface area contributed by atoms with E-state index in [0.29, 0.717) is 0 Å². The van der Waals surface area contributed by atoms with Crippen LogP contribution in [0.5, 0.6) is 0 Å². The maximum absolute atomic E-state index is 5.73. The van der Waals surface area contributed by atoms with Crippen molar-refractivity contribution in [3.63, 3.8) is 0 Å². The molecule has 0 fully saturated rings. The molecule has 0 radical (unpaired) electrons. The van der Waals surface area contributed by atoms with Crippen molar-refractivity contribution in [3.8, 4) is 0 Å². The predicted molar refractivity (Wildman–Crippen MR) is 60.6 cm³/mol. The van der Waals surface area contributed by atoms with Crippen LogP contribution < -0.4 is 5.73 Å². The minimum Gasteiger partial charge on any atom is -0.399 e. The van der Waals surface area contributed by atoms with E-state index < -0.39 is 0 Å². The van der Waals surface area contributed by atoms with E-state index in [2.05, 4.69) is 40.9 Å². The van der Waals surface area contributed by atoms with Gasteiger partial charge in [0.25, 0.3) is 0 Å². The van der Waals surface area contributed by atoms with Crippen LogP contribution in [0.4, 0.5) is 5.69 Å². The number of nitrogens with two attached hydrogens (primary N) is 1. The third-order valence-corrected chi connectivity index (χ3v) is 2.43. The molecule has 0 aromatic heterocycles. The zero-order valence-electron chi connectivity index (χ0n) is 8.05. The van der Waals surface area contributed by atoms with Crippen molar-refractivity contribution < 1.29 is 0 Å². The number of hydrogen-bond donors (Lipinski definition) is 1. The van der Waals surface area contributed by atoms with Crippen LogP contribution in [-0.4, -0.2) is 18.5 Å². The summed E-state index contributed by atoms with van der Waals surface area (Å²) >= 11 is 3.43. The Labute approximate surface area is 87.9 Å². The summed E-state index contributed by atoms with van der Waals surface area (Å²) in [5, 5.41) is 0. The van der Waals surface area contributed by atoms with Crippen molar-refractivity contribution in [1.29, 1.82) is 0 Å². The monoisotopic (exact) mass is 242 g/mol. The average Bonchev–Trinajstić information content (AvgIpc) is 2.02. The van der Waals surface area contributed by atoms with Crippen LogP contribution in [-0.2, 0) is 6.54 Å². The van der Waals surface area contributed by atoms with Gasteiger partial charge in [-0.2, -0.15) is 0 Å². The molecule has 2 nitrogen and oxygen atoms in total. The molecule has 0 aliphatic heterocycles. The SMILES string of the molecule is CCN(C)Cc1cc(N)cc(Br)c1. The highest BCUT2D eigenvalue weighted by Crippen LogP contribution is 2.18. The van der Waals surface area contributed by atoms with Crippen molar-refractivity contribution in [2.45, 2.75) is 13.5 Å². The number of halogens is 1. The van der Waals surface area contributed by atoms with Gasteiger partial charge in [0, 0.05) is 16.7 Å². The zero-order chi connectivity index (χ0) is 9.84. The van der Waals surface area contributed by atoms with Crippen molar-refractivity contribution in [3.05, 3.63) is 28.2 Å². The average molecular weight is 243 g/mol. The largest absolute Gasteiger partial charge is 0.399 e. The van der Waals surface area contributed by atoms with E-state index in [-0.39, 0.29) is 0 Å². The highest BCUT2D eigenvalue weighted by molar-refractivity contribution is 9.10. The van der Waals surface area contributed by atoms with E-state index in [1.165, 1.54) is 5.56 Å². The summed E-state index contributed by atoms with van der Waals surface area (Å²) in [6.45, 7) is 4.13. The molecule has 0 unspecified atom stereocenters. The first-order valence-corrected chi connectivity index (χ1v) is 5.14. The summed E-state index contributed by atoms with van der Waals surface area (Å²) in [6, 6.07) is 6.02. The van der Waals surface area contributed by atoms with Gasteiger partial charge in [-0.05, 0) is 37.4 Å². The molecule has 0 spiro atoms. The first kappa shape index (κ1) is 10.5. The van der Waals surface area contributed by atoms with Crippen molar-refractivity contribution >= 4 is 21.6 Å². The molecule has 3 heteroatoms. The van der Waals surface area contributed by atoms with E-state index in [1.807, 2.05) is 12.1 Å². The minimum atomic E-state index is 0.814. The van der Waals surface area contributed by atoms with Gasteiger partial charge in [0.05, 0.1) is 0 Å². The first-order chi connectivity index (χ1) is 6.11. The van der Waals surface area contributed by atoms with Gasteiger partial charge in [-0.25, -0.2) is 0 Å². The Balaban J connectivity index is 2.77. The van der Waals surface area contributed by atoms with Gasteiger partial charge in [-0.15, -0.1) is 0 Å². The minimum absolute atomic E-state index is 0.814. The lowest BCUT2D eigenvalue weighted by atomic mass is 10.2. The van der Waals surface area contributed by atoms with Crippen LogP contribution in [0.25, 0.3) is 0 Å². The van der Waals surface area contributed by atoms with Gasteiger partial charge < -0.3 is 10.6 Å². The molecule has 0 saturated heterocycles. The van der Waals surface area contributed by atoms with E-state index >= 15 is 0 Å². The Morgan fingerprint density at radius 3 is 2.62 bits per heavy atom. The summed E-state index contributed by atoms with van der Waals surface area (Å²) in [6.07, 6.45) is 0. The lowest BCUT2D eigenvalue weighted by Crippen LogP contribution is -2.16. The topological polar surface area (TPSA) is 29.3 Å². The molecular weight excluding hydrogens is 228 g/mol. The molecule has 0 saturated carbocycles. The fourth-order valence-corrected chi connectivity index (χ4v) is 1.75. The number of nitrogen functional groups attached to an aromatic ring is 1. The van der Waals surface area contributed by atoms with Gasteiger partial charge in [0.15, 0.2) is 0 Å². The van der Waals surface area contributed by atoms with Crippen molar-refractivity contribution in [2.75, 3.05) is 19.3 Å². The quantitative estimate of drug-likeness (QED) is 0.826. The van der Waals surface area contributed by atoms with E-state index in [4.69, 9.17) is 5.73 Å². The molecule has 0 aliphatic carbocycles. The molecule has 0 atom stereocenters. The summed E-state index contributed by atoms with van der Waals surface area (Å²) in [5.74, 6) is 0. The second-order valence-electron chi connectivity index (χ2n) is 3.22. The maximum atomic E-state index is 5.73. The predicted octanol–water partition coefficient (Wildman–Crippen LogP) is 2.48. The Morgan fingerprint density at radius 1 is 1.38 bits per heavy atom. The molecule has 0 heterocycles. The second kappa shape index (κ2) is 4.63. The van der Waals surface area contributed by atoms with Crippen molar-refractivity contribution in [1.82, 2.24) is 4.90 Å². The van der Waals surface area contributed by atoms with Crippen LogP contribution >= 0.6 is 15.9 Å². The van der Waals surface area contributed by atoms with Gasteiger partial charge in [0.1, 0.15) is 0 Å². The zero-order valence-corrected chi connectivity index (χ0v) is 9.63. The fourth-order valence-electron chi connectivity index (χ4n) is 1.19. The molecular formula is C10H15BrN2. The lowest BCUT2D eigenvalue weighted by molar-refractivity contribution is 0.346. The number of nitrogens with zero attached hydrogens (tertiary/aromatic N) is 1.